The molecule has 2 aromatic carbocycles. The largest absolute Gasteiger partial charge is 0.374 e. The summed E-state index contributed by atoms with van der Waals surface area (Å²) in [5, 5.41) is 3.43. The molecule has 1 heterocycles. The molecule has 0 unspecified atom stereocenters. The number of rotatable bonds is 4. The number of ether oxygens (including phenoxy) is 1. The van der Waals surface area contributed by atoms with Gasteiger partial charge in [-0.05, 0) is 17.7 Å². The minimum absolute atomic E-state index is 0.0470. The van der Waals surface area contributed by atoms with Gasteiger partial charge in [0.05, 0.1) is 18.0 Å². The highest BCUT2D eigenvalue weighted by atomic mass is 32.2. The third kappa shape index (κ3) is 3.64. The van der Waals surface area contributed by atoms with Crippen LogP contribution in [-0.2, 0) is 4.74 Å². The Balaban J connectivity index is 1.87. The molecule has 21 heavy (non-hydrogen) atoms. The third-order valence-electron chi connectivity index (χ3n) is 3.51. The Morgan fingerprint density at radius 3 is 2.57 bits per heavy atom. The molecule has 1 aliphatic rings. The fraction of sp³-hybridized carbons (Fsp3) is 0.294. The van der Waals surface area contributed by atoms with E-state index in [1.807, 2.05) is 30.3 Å². The van der Waals surface area contributed by atoms with E-state index < -0.39 is 0 Å². The van der Waals surface area contributed by atoms with E-state index in [4.69, 9.17) is 4.74 Å². The van der Waals surface area contributed by atoms with Gasteiger partial charge in [-0.25, -0.2) is 4.39 Å². The van der Waals surface area contributed by atoms with E-state index in [1.54, 1.807) is 6.07 Å². The number of benzene rings is 2. The molecule has 4 heteroatoms. The molecule has 0 bridgehead atoms. The van der Waals surface area contributed by atoms with Gasteiger partial charge in [-0.1, -0.05) is 42.5 Å². The van der Waals surface area contributed by atoms with Gasteiger partial charge in [-0.2, -0.15) is 0 Å². The second kappa shape index (κ2) is 7.07. The molecule has 2 aromatic rings. The van der Waals surface area contributed by atoms with Crippen LogP contribution in [0.4, 0.5) is 4.39 Å². The lowest BCUT2D eigenvalue weighted by atomic mass is 10.1. The predicted molar refractivity (Wildman–Crippen MR) is 84.0 cm³/mol. The van der Waals surface area contributed by atoms with Crippen molar-refractivity contribution in [2.45, 2.75) is 16.2 Å². The first-order valence-corrected chi connectivity index (χ1v) is 8.01. The lowest BCUT2D eigenvalue weighted by molar-refractivity contribution is 0.0273. The van der Waals surface area contributed by atoms with Crippen LogP contribution in [0.5, 0.6) is 0 Å². The number of halogens is 1. The van der Waals surface area contributed by atoms with Crippen molar-refractivity contribution in [3.63, 3.8) is 0 Å². The lowest BCUT2D eigenvalue weighted by Crippen LogP contribution is -2.41. The summed E-state index contributed by atoms with van der Waals surface area (Å²) in [7, 11) is 0. The van der Waals surface area contributed by atoms with Gasteiger partial charge in [0, 0.05) is 18.0 Å². The molecule has 0 amide bonds. The second-order valence-electron chi connectivity index (χ2n) is 4.99. The zero-order valence-corrected chi connectivity index (χ0v) is 12.5. The van der Waals surface area contributed by atoms with Crippen molar-refractivity contribution in [2.75, 3.05) is 19.7 Å². The summed E-state index contributed by atoms with van der Waals surface area (Å²) in [4.78, 5) is 0.667. The Morgan fingerprint density at radius 1 is 1.10 bits per heavy atom. The smallest absolute Gasteiger partial charge is 0.136 e. The van der Waals surface area contributed by atoms with Gasteiger partial charge in [0.15, 0.2) is 0 Å². The van der Waals surface area contributed by atoms with E-state index >= 15 is 0 Å². The third-order valence-corrected chi connectivity index (χ3v) is 4.93. The molecule has 0 saturated carbocycles. The highest BCUT2D eigenvalue weighted by Crippen LogP contribution is 2.40. The van der Waals surface area contributed by atoms with Crippen LogP contribution in [0.1, 0.15) is 10.8 Å². The van der Waals surface area contributed by atoms with Crippen LogP contribution in [0.25, 0.3) is 0 Å². The minimum Gasteiger partial charge on any atom is -0.374 e. The summed E-state index contributed by atoms with van der Waals surface area (Å²) in [6.45, 7) is 2.37. The van der Waals surface area contributed by atoms with Crippen LogP contribution < -0.4 is 5.32 Å². The standard InChI is InChI=1S/C17H18FNOS/c18-14-8-4-5-9-16(14)21-17(13-6-2-1-3-7-13)15-12-19-10-11-20-15/h1-9,15,17,19H,10-12H2/t15-,17-/m0/s1. The Labute approximate surface area is 128 Å². The number of thioether (sulfide) groups is 1. The summed E-state index contributed by atoms with van der Waals surface area (Å²) in [6, 6.07) is 17.1. The van der Waals surface area contributed by atoms with E-state index in [-0.39, 0.29) is 17.2 Å². The van der Waals surface area contributed by atoms with Crippen LogP contribution in [-0.4, -0.2) is 25.8 Å². The molecule has 2 atom stereocenters. The van der Waals surface area contributed by atoms with Crippen LogP contribution >= 0.6 is 11.8 Å². The fourth-order valence-electron chi connectivity index (χ4n) is 2.46. The number of hydrogen-bond donors (Lipinski definition) is 1. The van der Waals surface area contributed by atoms with Gasteiger partial charge < -0.3 is 10.1 Å². The molecular formula is C17H18FNOS. The highest BCUT2D eigenvalue weighted by Gasteiger charge is 2.27. The maximum absolute atomic E-state index is 14.0. The minimum atomic E-state index is -0.174. The van der Waals surface area contributed by atoms with Crippen molar-refractivity contribution < 1.29 is 9.13 Å². The molecule has 0 aliphatic carbocycles. The van der Waals surface area contributed by atoms with Crippen molar-refractivity contribution >= 4 is 11.8 Å². The van der Waals surface area contributed by atoms with Gasteiger partial charge in [0.25, 0.3) is 0 Å². The SMILES string of the molecule is Fc1ccccc1S[C@@H](c1ccccc1)[C@@H]1CNCCO1. The molecule has 0 aromatic heterocycles. The summed E-state index contributed by atoms with van der Waals surface area (Å²) in [5.41, 5.74) is 1.17. The quantitative estimate of drug-likeness (QED) is 0.871. The first-order valence-electron chi connectivity index (χ1n) is 7.13. The number of hydrogen-bond acceptors (Lipinski definition) is 3. The highest BCUT2D eigenvalue weighted by molar-refractivity contribution is 7.99. The summed E-state index contributed by atoms with van der Waals surface area (Å²) < 4.78 is 19.9. The maximum atomic E-state index is 14.0. The summed E-state index contributed by atoms with van der Waals surface area (Å²) in [5.74, 6) is -0.174. The summed E-state index contributed by atoms with van der Waals surface area (Å²) >= 11 is 1.53. The molecule has 1 fully saturated rings. The van der Waals surface area contributed by atoms with E-state index in [0.717, 1.165) is 13.1 Å². The molecule has 3 rings (SSSR count). The molecule has 1 aliphatic heterocycles. The number of nitrogens with one attached hydrogen (secondary N) is 1. The average molecular weight is 303 g/mol. The Morgan fingerprint density at radius 2 is 1.86 bits per heavy atom. The molecule has 2 nitrogen and oxygen atoms in total. The zero-order chi connectivity index (χ0) is 14.5. The second-order valence-corrected chi connectivity index (χ2v) is 6.18. The van der Waals surface area contributed by atoms with Crippen LogP contribution in [0.2, 0.25) is 0 Å². The molecule has 1 N–H and O–H groups in total. The van der Waals surface area contributed by atoms with Crippen molar-refractivity contribution in [1.29, 1.82) is 0 Å². The molecule has 1 saturated heterocycles. The topological polar surface area (TPSA) is 21.3 Å². The molecule has 0 spiro atoms. The normalized spacial score (nSPS) is 20.1. The monoisotopic (exact) mass is 303 g/mol. The van der Waals surface area contributed by atoms with Gasteiger partial charge in [-0.15, -0.1) is 11.8 Å². The van der Waals surface area contributed by atoms with Gasteiger partial charge in [0.1, 0.15) is 5.82 Å². The van der Waals surface area contributed by atoms with Crippen molar-refractivity contribution in [3.05, 3.63) is 66.0 Å². The molecule has 110 valence electrons. The molecular weight excluding hydrogens is 285 g/mol. The van der Waals surface area contributed by atoms with Crippen LogP contribution in [0.3, 0.4) is 0 Å². The van der Waals surface area contributed by atoms with E-state index in [2.05, 4.69) is 17.4 Å². The first kappa shape index (κ1) is 14.6. The van der Waals surface area contributed by atoms with Crippen molar-refractivity contribution in [3.8, 4) is 0 Å². The van der Waals surface area contributed by atoms with Gasteiger partial charge in [0.2, 0.25) is 0 Å². The van der Waals surface area contributed by atoms with Gasteiger partial charge >= 0.3 is 0 Å². The average Bonchev–Trinajstić information content (AvgIpc) is 2.56. The van der Waals surface area contributed by atoms with Crippen molar-refractivity contribution in [2.24, 2.45) is 0 Å². The Kier molecular flexibility index (Phi) is 4.91. The lowest BCUT2D eigenvalue weighted by Gasteiger charge is -2.31. The maximum Gasteiger partial charge on any atom is 0.136 e. The van der Waals surface area contributed by atoms with Crippen LogP contribution in [0.15, 0.2) is 59.5 Å². The van der Waals surface area contributed by atoms with E-state index in [9.17, 15) is 4.39 Å². The van der Waals surface area contributed by atoms with E-state index in [0.29, 0.717) is 11.5 Å². The van der Waals surface area contributed by atoms with E-state index in [1.165, 1.54) is 23.4 Å². The van der Waals surface area contributed by atoms with Crippen molar-refractivity contribution in [1.82, 2.24) is 5.32 Å². The molecule has 0 radical (unpaired) electrons. The first-order chi connectivity index (χ1) is 10.3. The zero-order valence-electron chi connectivity index (χ0n) is 11.7. The Bertz CT molecular complexity index is 572. The summed E-state index contributed by atoms with van der Waals surface area (Å²) in [6.07, 6.45) is 0.0470. The van der Waals surface area contributed by atoms with Crippen LogP contribution in [0, 0.1) is 5.82 Å². The fourth-order valence-corrected chi connectivity index (χ4v) is 3.69. The predicted octanol–water partition coefficient (Wildman–Crippen LogP) is 3.65. The number of morpholine rings is 1. The Hall–Kier alpha value is -1.36. The van der Waals surface area contributed by atoms with Gasteiger partial charge in [-0.3, -0.25) is 0 Å².